The molecule has 0 spiro atoms. The van der Waals surface area contributed by atoms with Crippen LogP contribution in [0.5, 0.6) is 0 Å². The van der Waals surface area contributed by atoms with Gasteiger partial charge in [0.05, 0.1) is 11.5 Å². The molecule has 8 heteroatoms. The van der Waals surface area contributed by atoms with Crippen LogP contribution in [0.1, 0.15) is 13.3 Å². The second-order valence-corrected chi connectivity index (χ2v) is 7.70. The Hall–Kier alpha value is -2.19. The summed E-state index contributed by atoms with van der Waals surface area (Å²) in [5, 5.41) is 1.44. The van der Waals surface area contributed by atoms with E-state index < -0.39 is 16.1 Å². The van der Waals surface area contributed by atoms with Crippen LogP contribution in [-0.4, -0.2) is 61.5 Å². The minimum atomic E-state index is -3.65. The van der Waals surface area contributed by atoms with Crippen molar-refractivity contribution in [2.75, 3.05) is 32.8 Å². The topological polar surface area (TPSA) is 79.8 Å². The number of carbonyl (C=O) groups excluding carboxylic acids is 1. The van der Waals surface area contributed by atoms with Gasteiger partial charge in [0, 0.05) is 49.3 Å². The normalized spacial score (nSPS) is 16.6. The van der Waals surface area contributed by atoms with Gasteiger partial charge in [0.15, 0.2) is 0 Å². The van der Waals surface area contributed by atoms with Gasteiger partial charge >= 0.3 is 6.09 Å². The number of rotatable bonds is 3. The van der Waals surface area contributed by atoms with Gasteiger partial charge in [-0.25, -0.2) is 13.2 Å². The standard InChI is InChI=1S/C17H21N3O4S/c1-2-24-17(21)19-9-4-10-20(12-11-19)25(22,23)16-6-3-5-14-13-18-8-7-15(14)16/h3,5-8,13H,2,4,9-12H2,1H3. The van der Waals surface area contributed by atoms with Gasteiger partial charge in [0.2, 0.25) is 10.0 Å². The molecule has 0 aliphatic carbocycles. The Balaban J connectivity index is 1.86. The minimum Gasteiger partial charge on any atom is -0.450 e. The number of fused-ring (bicyclic) bond motifs is 1. The van der Waals surface area contributed by atoms with E-state index in [2.05, 4.69) is 4.98 Å². The molecule has 0 N–H and O–H groups in total. The van der Waals surface area contributed by atoms with Crippen LogP contribution in [0, 0.1) is 0 Å². The second kappa shape index (κ2) is 7.37. The van der Waals surface area contributed by atoms with Crippen molar-refractivity contribution in [3.8, 4) is 0 Å². The summed E-state index contributed by atoms with van der Waals surface area (Å²) < 4.78 is 32.7. The SMILES string of the molecule is CCOC(=O)N1CCCN(S(=O)(=O)c2cccc3cnccc23)CC1. The molecule has 0 bridgehead atoms. The van der Waals surface area contributed by atoms with E-state index in [1.54, 1.807) is 42.4 Å². The van der Waals surface area contributed by atoms with Gasteiger partial charge in [-0.1, -0.05) is 12.1 Å². The van der Waals surface area contributed by atoms with Crippen LogP contribution in [-0.2, 0) is 14.8 Å². The molecule has 2 aromatic rings. The molecule has 7 nitrogen and oxygen atoms in total. The fraction of sp³-hybridized carbons (Fsp3) is 0.412. The number of hydrogen-bond donors (Lipinski definition) is 0. The maximum Gasteiger partial charge on any atom is 0.409 e. The highest BCUT2D eigenvalue weighted by Crippen LogP contribution is 2.25. The Labute approximate surface area is 147 Å². The van der Waals surface area contributed by atoms with Gasteiger partial charge in [-0.2, -0.15) is 4.31 Å². The molecule has 1 saturated heterocycles. The average molecular weight is 363 g/mol. The van der Waals surface area contributed by atoms with E-state index in [4.69, 9.17) is 4.74 Å². The number of hydrogen-bond acceptors (Lipinski definition) is 5. The summed E-state index contributed by atoms with van der Waals surface area (Å²) in [6.45, 7) is 3.50. The highest BCUT2D eigenvalue weighted by molar-refractivity contribution is 7.89. The lowest BCUT2D eigenvalue weighted by Crippen LogP contribution is -2.37. The number of carbonyl (C=O) groups is 1. The molecule has 25 heavy (non-hydrogen) atoms. The number of aromatic nitrogens is 1. The summed E-state index contributed by atoms with van der Waals surface area (Å²) in [6, 6.07) is 6.89. The number of sulfonamides is 1. The molecule has 134 valence electrons. The van der Waals surface area contributed by atoms with Crippen LogP contribution < -0.4 is 0 Å². The van der Waals surface area contributed by atoms with E-state index in [0.29, 0.717) is 38.0 Å². The van der Waals surface area contributed by atoms with Crippen molar-refractivity contribution in [2.24, 2.45) is 0 Å². The Morgan fingerprint density at radius 3 is 2.84 bits per heavy atom. The van der Waals surface area contributed by atoms with E-state index in [0.717, 1.165) is 5.39 Å². The molecule has 2 heterocycles. The van der Waals surface area contributed by atoms with Gasteiger partial charge in [-0.3, -0.25) is 4.98 Å². The molecule has 3 rings (SSSR count). The van der Waals surface area contributed by atoms with Crippen molar-refractivity contribution >= 4 is 26.9 Å². The fourth-order valence-corrected chi connectivity index (χ4v) is 4.67. The molecule has 1 aromatic heterocycles. The maximum atomic E-state index is 13.1. The van der Waals surface area contributed by atoms with E-state index in [-0.39, 0.29) is 11.4 Å². The lowest BCUT2D eigenvalue weighted by Gasteiger charge is -2.22. The third-order valence-electron chi connectivity index (χ3n) is 4.24. The van der Waals surface area contributed by atoms with Gasteiger partial charge in [-0.05, 0) is 25.5 Å². The summed E-state index contributed by atoms with van der Waals surface area (Å²) in [5.74, 6) is 0. The highest BCUT2D eigenvalue weighted by Gasteiger charge is 2.29. The molecule has 1 fully saturated rings. The van der Waals surface area contributed by atoms with Gasteiger partial charge in [0.1, 0.15) is 0 Å². The van der Waals surface area contributed by atoms with Gasteiger partial charge < -0.3 is 9.64 Å². The molecule has 1 amide bonds. The predicted molar refractivity (Wildman–Crippen MR) is 93.7 cm³/mol. The van der Waals surface area contributed by atoms with Crippen LogP contribution in [0.4, 0.5) is 4.79 Å². The van der Waals surface area contributed by atoms with Crippen molar-refractivity contribution in [3.05, 3.63) is 36.7 Å². The zero-order chi connectivity index (χ0) is 17.9. The Kier molecular flexibility index (Phi) is 5.19. The van der Waals surface area contributed by atoms with E-state index in [1.165, 1.54) is 4.31 Å². The van der Waals surface area contributed by atoms with Gasteiger partial charge in [-0.15, -0.1) is 0 Å². The quantitative estimate of drug-likeness (QED) is 0.834. The van der Waals surface area contributed by atoms with Crippen molar-refractivity contribution in [1.29, 1.82) is 0 Å². The smallest absolute Gasteiger partial charge is 0.409 e. The van der Waals surface area contributed by atoms with Gasteiger partial charge in [0.25, 0.3) is 0 Å². The zero-order valence-electron chi connectivity index (χ0n) is 14.1. The molecule has 1 aromatic carbocycles. The lowest BCUT2D eigenvalue weighted by atomic mass is 10.2. The molecular weight excluding hydrogens is 342 g/mol. The van der Waals surface area contributed by atoms with Crippen LogP contribution in [0.25, 0.3) is 10.8 Å². The first kappa shape index (κ1) is 17.6. The third-order valence-corrected chi connectivity index (χ3v) is 6.20. The van der Waals surface area contributed by atoms with Crippen molar-refractivity contribution in [3.63, 3.8) is 0 Å². The van der Waals surface area contributed by atoms with Crippen LogP contribution in [0.2, 0.25) is 0 Å². The third kappa shape index (κ3) is 3.59. The molecule has 1 aliphatic heterocycles. The molecule has 1 aliphatic rings. The van der Waals surface area contributed by atoms with E-state index in [9.17, 15) is 13.2 Å². The van der Waals surface area contributed by atoms with Crippen molar-refractivity contribution < 1.29 is 17.9 Å². The number of benzene rings is 1. The maximum absolute atomic E-state index is 13.1. The first-order chi connectivity index (χ1) is 12.0. The predicted octanol–water partition coefficient (Wildman–Crippen LogP) is 2.09. The summed E-state index contributed by atoms with van der Waals surface area (Å²) in [6.07, 6.45) is 3.42. The van der Waals surface area contributed by atoms with Crippen LogP contribution >= 0.6 is 0 Å². The Bertz CT molecular complexity index is 864. The number of pyridine rings is 1. The summed E-state index contributed by atoms with van der Waals surface area (Å²) >= 11 is 0. The van der Waals surface area contributed by atoms with E-state index in [1.807, 2.05) is 6.07 Å². The van der Waals surface area contributed by atoms with Crippen LogP contribution in [0.15, 0.2) is 41.6 Å². The minimum absolute atomic E-state index is 0.253. The number of ether oxygens (including phenoxy) is 1. The first-order valence-corrected chi connectivity index (χ1v) is 9.72. The summed E-state index contributed by atoms with van der Waals surface area (Å²) in [4.78, 5) is 17.8. The second-order valence-electron chi connectivity index (χ2n) is 5.80. The van der Waals surface area contributed by atoms with Crippen molar-refractivity contribution in [2.45, 2.75) is 18.2 Å². The highest BCUT2D eigenvalue weighted by atomic mass is 32.2. The summed E-state index contributed by atoms with van der Waals surface area (Å²) in [7, 11) is -3.65. The molecule has 0 unspecified atom stereocenters. The molecular formula is C17H21N3O4S. The first-order valence-electron chi connectivity index (χ1n) is 8.28. The molecule has 0 saturated carbocycles. The average Bonchev–Trinajstić information content (AvgIpc) is 2.88. The fourth-order valence-electron chi connectivity index (χ4n) is 2.99. The lowest BCUT2D eigenvalue weighted by molar-refractivity contribution is 0.109. The summed E-state index contributed by atoms with van der Waals surface area (Å²) in [5.41, 5.74) is 0. The Morgan fingerprint density at radius 1 is 1.20 bits per heavy atom. The molecule has 0 radical (unpaired) electrons. The molecule has 0 atom stereocenters. The largest absolute Gasteiger partial charge is 0.450 e. The number of amides is 1. The van der Waals surface area contributed by atoms with E-state index >= 15 is 0 Å². The van der Waals surface area contributed by atoms with Crippen molar-refractivity contribution in [1.82, 2.24) is 14.2 Å². The Morgan fingerprint density at radius 2 is 2.04 bits per heavy atom. The number of nitrogens with zero attached hydrogens (tertiary/aromatic N) is 3. The monoisotopic (exact) mass is 363 g/mol. The zero-order valence-corrected chi connectivity index (χ0v) is 14.9. The van der Waals surface area contributed by atoms with Crippen LogP contribution in [0.3, 0.4) is 0 Å².